The minimum Gasteiger partial charge on any atom is -0.484 e. The summed E-state index contributed by atoms with van der Waals surface area (Å²) in [4.78, 5) is 23.9. The SMILES string of the molecule is N#Cc1ccc(OCC(=O)N2CCC(C(=O)O)(C(F)(F)F)C2)cc1. The van der Waals surface area contributed by atoms with Crippen molar-refractivity contribution in [2.75, 3.05) is 19.7 Å². The van der Waals surface area contributed by atoms with Crippen molar-refractivity contribution in [3.8, 4) is 11.8 Å². The largest absolute Gasteiger partial charge is 0.484 e. The Balaban J connectivity index is 1.99. The molecule has 0 aromatic heterocycles. The van der Waals surface area contributed by atoms with Crippen LogP contribution in [-0.4, -0.2) is 47.8 Å². The van der Waals surface area contributed by atoms with Crippen LogP contribution in [0.15, 0.2) is 24.3 Å². The van der Waals surface area contributed by atoms with Gasteiger partial charge in [0, 0.05) is 13.1 Å². The molecule has 6 nitrogen and oxygen atoms in total. The molecule has 0 spiro atoms. The van der Waals surface area contributed by atoms with Crippen molar-refractivity contribution in [2.45, 2.75) is 12.6 Å². The molecule has 1 atom stereocenters. The number of nitriles is 1. The Morgan fingerprint density at radius 3 is 2.42 bits per heavy atom. The quantitative estimate of drug-likeness (QED) is 0.901. The summed E-state index contributed by atoms with van der Waals surface area (Å²) in [5, 5.41) is 17.6. The van der Waals surface area contributed by atoms with Gasteiger partial charge in [0.25, 0.3) is 5.91 Å². The van der Waals surface area contributed by atoms with Gasteiger partial charge >= 0.3 is 12.1 Å². The van der Waals surface area contributed by atoms with E-state index in [0.717, 1.165) is 4.90 Å². The van der Waals surface area contributed by atoms with Crippen LogP contribution in [0.1, 0.15) is 12.0 Å². The molecule has 1 unspecified atom stereocenters. The molecule has 0 saturated carbocycles. The van der Waals surface area contributed by atoms with Gasteiger partial charge < -0.3 is 14.7 Å². The number of carbonyl (C=O) groups is 2. The first-order valence-corrected chi connectivity index (χ1v) is 6.90. The minimum atomic E-state index is -4.94. The number of carbonyl (C=O) groups excluding carboxylic acids is 1. The molecule has 9 heteroatoms. The Morgan fingerprint density at radius 2 is 1.96 bits per heavy atom. The maximum Gasteiger partial charge on any atom is 0.406 e. The lowest BCUT2D eigenvalue weighted by Crippen LogP contribution is -2.48. The number of hydrogen-bond donors (Lipinski definition) is 1. The maximum atomic E-state index is 13.0. The summed E-state index contributed by atoms with van der Waals surface area (Å²) >= 11 is 0. The van der Waals surface area contributed by atoms with E-state index in [2.05, 4.69) is 0 Å². The van der Waals surface area contributed by atoms with Crippen molar-refractivity contribution in [3.63, 3.8) is 0 Å². The second kappa shape index (κ2) is 6.39. The van der Waals surface area contributed by atoms with Crippen LogP contribution in [0, 0.1) is 16.7 Å². The van der Waals surface area contributed by atoms with Crippen LogP contribution in [0.5, 0.6) is 5.75 Å². The second-order valence-corrected chi connectivity index (χ2v) is 5.38. The van der Waals surface area contributed by atoms with E-state index in [1.807, 2.05) is 6.07 Å². The highest BCUT2D eigenvalue weighted by Gasteiger charge is 2.64. The molecule has 24 heavy (non-hydrogen) atoms. The predicted molar refractivity (Wildman–Crippen MR) is 74.0 cm³/mol. The van der Waals surface area contributed by atoms with Gasteiger partial charge in [0.15, 0.2) is 12.0 Å². The van der Waals surface area contributed by atoms with E-state index in [-0.39, 0.29) is 12.3 Å². The Hall–Kier alpha value is -2.76. The molecule has 1 heterocycles. The summed E-state index contributed by atoms with van der Waals surface area (Å²) < 4.78 is 44.3. The van der Waals surface area contributed by atoms with Crippen molar-refractivity contribution >= 4 is 11.9 Å². The number of hydrogen-bond acceptors (Lipinski definition) is 4. The normalized spacial score (nSPS) is 20.5. The second-order valence-electron chi connectivity index (χ2n) is 5.38. The Morgan fingerprint density at radius 1 is 1.33 bits per heavy atom. The molecule has 1 saturated heterocycles. The fraction of sp³-hybridized carbons (Fsp3) is 0.400. The average Bonchev–Trinajstić information content (AvgIpc) is 3.00. The van der Waals surface area contributed by atoms with Crippen LogP contribution in [0.4, 0.5) is 13.2 Å². The highest BCUT2D eigenvalue weighted by Crippen LogP contribution is 2.45. The van der Waals surface area contributed by atoms with E-state index in [4.69, 9.17) is 15.1 Å². The molecule has 1 aromatic carbocycles. The molecule has 1 aliphatic heterocycles. The zero-order valence-electron chi connectivity index (χ0n) is 12.3. The van der Waals surface area contributed by atoms with Crippen LogP contribution < -0.4 is 4.74 Å². The molecule has 1 N–H and O–H groups in total. The molecular formula is C15H13F3N2O4. The molecule has 1 fully saturated rings. The zero-order valence-corrected chi connectivity index (χ0v) is 12.3. The number of nitrogens with zero attached hydrogens (tertiary/aromatic N) is 2. The Kier molecular flexibility index (Phi) is 4.68. The van der Waals surface area contributed by atoms with Crippen LogP contribution in [-0.2, 0) is 9.59 Å². The summed E-state index contributed by atoms with van der Waals surface area (Å²) in [5.41, 5.74) is -2.54. The predicted octanol–water partition coefficient (Wildman–Crippen LogP) is 1.80. The standard InChI is InChI=1S/C15H13F3N2O4/c16-15(17,18)14(13(22)23)5-6-20(9-14)12(21)8-24-11-3-1-10(7-19)2-4-11/h1-4H,5-6,8-9H2,(H,22,23). The van der Waals surface area contributed by atoms with Crippen LogP contribution in [0.3, 0.4) is 0 Å². The summed E-state index contributed by atoms with van der Waals surface area (Å²) in [7, 11) is 0. The number of likely N-dealkylation sites (tertiary alicyclic amines) is 1. The molecule has 128 valence electrons. The van der Waals surface area contributed by atoms with E-state index in [0.29, 0.717) is 5.56 Å². The van der Waals surface area contributed by atoms with E-state index in [9.17, 15) is 22.8 Å². The topological polar surface area (TPSA) is 90.6 Å². The van der Waals surface area contributed by atoms with Crippen molar-refractivity contribution in [1.29, 1.82) is 5.26 Å². The number of rotatable bonds is 4. The number of amides is 1. The number of carboxylic acids is 1. The molecule has 0 bridgehead atoms. The van der Waals surface area contributed by atoms with Crippen LogP contribution in [0.25, 0.3) is 0 Å². The fourth-order valence-corrected chi connectivity index (χ4v) is 2.41. The first-order chi connectivity index (χ1) is 11.2. The molecule has 1 amide bonds. The molecule has 0 aliphatic carbocycles. The first kappa shape index (κ1) is 17.6. The van der Waals surface area contributed by atoms with Gasteiger partial charge in [0.05, 0.1) is 11.6 Å². The number of alkyl halides is 3. The van der Waals surface area contributed by atoms with E-state index in [1.54, 1.807) is 0 Å². The van der Waals surface area contributed by atoms with Crippen molar-refractivity contribution in [2.24, 2.45) is 5.41 Å². The van der Waals surface area contributed by atoms with Gasteiger partial charge in [-0.05, 0) is 30.7 Å². The van der Waals surface area contributed by atoms with Gasteiger partial charge in [0.1, 0.15) is 5.75 Å². The van der Waals surface area contributed by atoms with E-state index < -0.39 is 43.0 Å². The Bertz CT molecular complexity index is 681. The summed E-state index contributed by atoms with van der Waals surface area (Å²) in [6.07, 6.45) is -5.63. The van der Waals surface area contributed by atoms with Crippen molar-refractivity contribution in [3.05, 3.63) is 29.8 Å². The molecule has 2 rings (SSSR count). The monoisotopic (exact) mass is 342 g/mol. The van der Waals surface area contributed by atoms with Crippen LogP contribution >= 0.6 is 0 Å². The lowest BCUT2D eigenvalue weighted by atomic mass is 9.86. The maximum absolute atomic E-state index is 13.0. The molecule has 0 radical (unpaired) electrons. The van der Waals surface area contributed by atoms with Gasteiger partial charge in [0.2, 0.25) is 0 Å². The fourth-order valence-electron chi connectivity index (χ4n) is 2.41. The summed E-state index contributed by atoms with van der Waals surface area (Å²) in [5.74, 6) is -2.44. The van der Waals surface area contributed by atoms with E-state index in [1.165, 1.54) is 24.3 Å². The minimum absolute atomic E-state index is 0.280. The number of ether oxygens (including phenoxy) is 1. The lowest BCUT2D eigenvalue weighted by molar-refractivity contribution is -0.227. The van der Waals surface area contributed by atoms with Gasteiger partial charge in [-0.15, -0.1) is 0 Å². The molecule has 1 aliphatic rings. The average molecular weight is 342 g/mol. The third-order valence-electron chi connectivity index (χ3n) is 3.92. The highest BCUT2D eigenvalue weighted by atomic mass is 19.4. The lowest BCUT2D eigenvalue weighted by Gasteiger charge is -2.27. The van der Waals surface area contributed by atoms with Gasteiger partial charge in [-0.25, -0.2) is 0 Å². The summed E-state index contributed by atoms with van der Waals surface area (Å²) in [6.45, 7) is -1.75. The highest BCUT2D eigenvalue weighted by molar-refractivity contribution is 5.82. The third-order valence-corrected chi connectivity index (χ3v) is 3.92. The van der Waals surface area contributed by atoms with Crippen molar-refractivity contribution in [1.82, 2.24) is 4.90 Å². The smallest absolute Gasteiger partial charge is 0.406 e. The van der Waals surface area contributed by atoms with Crippen LogP contribution in [0.2, 0.25) is 0 Å². The summed E-state index contributed by atoms with van der Waals surface area (Å²) in [6, 6.07) is 7.74. The third kappa shape index (κ3) is 3.27. The van der Waals surface area contributed by atoms with Gasteiger partial charge in [-0.1, -0.05) is 0 Å². The first-order valence-electron chi connectivity index (χ1n) is 6.90. The Labute approximate surface area is 135 Å². The van der Waals surface area contributed by atoms with Gasteiger partial charge in [-0.2, -0.15) is 18.4 Å². The van der Waals surface area contributed by atoms with Gasteiger partial charge in [-0.3, -0.25) is 9.59 Å². The number of carboxylic acid groups (broad SMARTS) is 1. The zero-order chi connectivity index (χ0) is 18.0. The number of aliphatic carboxylic acids is 1. The number of halogens is 3. The number of benzene rings is 1. The van der Waals surface area contributed by atoms with E-state index >= 15 is 0 Å². The van der Waals surface area contributed by atoms with Crippen molar-refractivity contribution < 1.29 is 32.6 Å². The molecular weight excluding hydrogens is 329 g/mol. The molecule has 1 aromatic rings.